The number of guanidine groups is 1. The van der Waals surface area contributed by atoms with Crippen LogP contribution in [-0.4, -0.2) is 32.1 Å². The molecule has 1 aliphatic rings. The van der Waals surface area contributed by atoms with Crippen molar-refractivity contribution in [2.24, 2.45) is 4.99 Å². The summed E-state index contributed by atoms with van der Waals surface area (Å²) in [5.74, 6) is 2.37. The van der Waals surface area contributed by atoms with Gasteiger partial charge >= 0.3 is 5.96 Å². The lowest BCUT2D eigenvalue weighted by Gasteiger charge is -2.35. The molecule has 0 amide bonds. The van der Waals surface area contributed by atoms with E-state index < -0.39 is 0 Å². The van der Waals surface area contributed by atoms with E-state index in [4.69, 9.17) is 14.5 Å². The lowest BCUT2D eigenvalue weighted by molar-refractivity contribution is 0.352. The molecule has 5 heteroatoms. The third kappa shape index (κ3) is 4.18. The number of aliphatic imine (C=N–C) groups is 1. The molecule has 5 nitrogen and oxygen atoms in total. The highest BCUT2D eigenvalue weighted by Gasteiger charge is 2.41. The zero-order valence-electron chi connectivity index (χ0n) is 18.2. The Morgan fingerprint density at radius 3 is 2.10 bits per heavy atom. The number of quaternary nitrogens is 1. The Balaban J connectivity index is 1.77. The highest BCUT2D eigenvalue weighted by molar-refractivity contribution is 5.95. The van der Waals surface area contributed by atoms with Crippen molar-refractivity contribution in [1.82, 2.24) is 9.38 Å². The number of benzene rings is 3. The van der Waals surface area contributed by atoms with E-state index in [1.165, 1.54) is 11.1 Å². The third-order valence-corrected chi connectivity index (χ3v) is 5.57. The van der Waals surface area contributed by atoms with Gasteiger partial charge in [-0.15, -0.1) is 0 Å². The first-order valence-electron chi connectivity index (χ1n) is 10.3. The van der Waals surface area contributed by atoms with Crippen molar-refractivity contribution in [3.05, 3.63) is 102 Å². The Morgan fingerprint density at radius 1 is 0.806 bits per heavy atom. The molecule has 0 N–H and O–H groups in total. The van der Waals surface area contributed by atoms with Crippen molar-refractivity contribution in [2.45, 2.75) is 13.1 Å². The molecule has 0 saturated heterocycles. The van der Waals surface area contributed by atoms with Gasteiger partial charge in [-0.3, -0.25) is 0 Å². The molecule has 3 aromatic rings. The number of methoxy groups -OCH3 is 2. The smallest absolute Gasteiger partial charge is 0.315 e. The molecule has 0 aliphatic carbocycles. The average Bonchev–Trinajstić information content (AvgIpc) is 3.24. The topological polar surface area (TPSA) is 34.1 Å². The largest absolute Gasteiger partial charge is 0.493 e. The molecule has 0 radical (unpaired) electrons. The molecule has 0 aromatic heterocycles. The lowest BCUT2D eigenvalue weighted by atomic mass is 10.1. The maximum Gasteiger partial charge on any atom is 0.315 e. The van der Waals surface area contributed by atoms with Crippen LogP contribution in [0.25, 0.3) is 0 Å². The predicted molar refractivity (Wildman–Crippen MR) is 126 cm³/mol. The fraction of sp³-hybridized carbons (Fsp3) is 0.192. The standard InChI is InChI=1S/C26H28N3O2/c1-28(19-21-10-6-4-7-11-21)26-27-16-17-29(26,20-22-12-8-5-9-13-22)23-14-15-24(30-2)25(18-23)31-3/h4-18H,19-20H2,1-3H3/q+1. The minimum Gasteiger partial charge on any atom is -0.493 e. The first kappa shape index (κ1) is 20.7. The van der Waals surface area contributed by atoms with E-state index in [0.717, 1.165) is 24.7 Å². The van der Waals surface area contributed by atoms with E-state index in [1.54, 1.807) is 14.2 Å². The van der Waals surface area contributed by atoms with Crippen LogP contribution >= 0.6 is 0 Å². The van der Waals surface area contributed by atoms with Gasteiger partial charge in [-0.05, 0) is 11.6 Å². The second kappa shape index (κ2) is 9.06. The fourth-order valence-electron chi connectivity index (χ4n) is 4.08. The van der Waals surface area contributed by atoms with Crippen LogP contribution in [0.2, 0.25) is 0 Å². The van der Waals surface area contributed by atoms with Gasteiger partial charge in [0.05, 0.1) is 20.4 Å². The number of nitrogens with zero attached hydrogens (tertiary/aromatic N) is 3. The molecule has 31 heavy (non-hydrogen) atoms. The summed E-state index contributed by atoms with van der Waals surface area (Å²) in [7, 11) is 5.42. The van der Waals surface area contributed by atoms with Crippen LogP contribution in [0, 0.1) is 0 Å². The van der Waals surface area contributed by atoms with Crippen LogP contribution in [0.15, 0.2) is 96.3 Å². The Morgan fingerprint density at radius 2 is 1.45 bits per heavy atom. The van der Waals surface area contributed by atoms with Crippen molar-refractivity contribution < 1.29 is 9.47 Å². The fourth-order valence-corrected chi connectivity index (χ4v) is 4.08. The van der Waals surface area contributed by atoms with Crippen molar-refractivity contribution in [3.63, 3.8) is 0 Å². The number of hydrogen-bond donors (Lipinski definition) is 0. The van der Waals surface area contributed by atoms with E-state index in [2.05, 4.69) is 72.7 Å². The highest BCUT2D eigenvalue weighted by Crippen LogP contribution is 2.38. The van der Waals surface area contributed by atoms with Crippen LogP contribution < -0.4 is 14.0 Å². The van der Waals surface area contributed by atoms with Gasteiger partial charge in [-0.25, -0.2) is 0 Å². The summed E-state index contributed by atoms with van der Waals surface area (Å²) in [5.41, 5.74) is 3.53. The normalized spacial score (nSPS) is 17.3. The van der Waals surface area contributed by atoms with Gasteiger partial charge in [0.2, 0.25) is 0 Å². The van der Waals surface area contributed by atoms with E-state index in [-0.39, 0.29) is 0 Å². The van der Waals surface area contributed by atoms with E-state index in [9.17, 15) is 0 Å². The second-order valence-corrected chi connectivity index (χ2v) is 7.62. The van der Waals surface area contributed by atoms with Gasteiger partial charge in [0.1, 0.15) is 18.4 Å². The zero-order valence-corrected chi connectivity index (χ0v) is 18.2. The third-order valence-electron chi connectivity index (χ3n) is 5.57. The molecule has 0 spiro atoms. The Hall–Kier alpha value is -3.57. The lowest BCUT2D eigenvalue weighted by Crippen LogP contribution is -2.53. The summed E-state index contributed by atoms with van der Waals surface area (Å²) in [6.45, 7) is 1.51. The molecule has 0 bridgehead atoms. The summed E-state index contributed by atoms with van der Waals surface area (Å²) < 4.78 is 11.5. The molecular formula is C26H28N3O2+. The summed E-state index contributed by atoms with van der Waals surface area (Å²) >= 11 is 0. The summed E-state index contributed by atoms with van der Waals surface area (Å²) in [6, 6.07) is 27.0. The molecule has 1 aliphatic heterocycles. The molecule has 1 unspecified atom stereocenters. The number of rotatable bonds is 7. The van der Waals surface area contributed by atoms with Gasteiger partial charge < -0.3 is 14.4 Å². The number of ether oxygens (including phenoxy) is 2. The molecule has 3 aromatic carbocycles. The van der Waals surface area contributed by atoms with E-state index in [0.29, 0.717) is 16.0 Å². The molecular weight excluding hydrogens is 386 g/mol. The molecule has 158 valence electrons. The predicted octanol–water partition coefficient (Wildman–Crippen LogP) is 5.18. The summed E-state index contributed by atoms with van der Waals surface area (Å²) in [5, 5.41) is 0. The van der Waals surface area contributed by atoms with Crippen molar-refractivity contribution in [1.29, 1.82) is 0 Å². The van der Waals surface area contributed by atoms with Crippen molar-refractivity contribution in [3.8, 4) is 11.5 Å². The van der Waals surface area contributed by atoms with Gasteiger partial charge in [0.15, 0.2) is 11.5 Å². The Bertz CT molecular complexity index is 1080. The molecule has 0 saturated carbocycles. The number of hydrogen-bond acceptors (Lipinski definition) is 4. The van der Waals surface area contributed by atoms with Crippen LogP contribution in [0.4, 0.5) is 5.69 Å². The minimum absolute atomic E-state index is 0.466. The highest BCUT2D eigenvalue weighted by atomic mass is 16.5. The van der Waals surface area contributed by atoms with Crippen molar-refractivity contribution >= 4 is 11.6 Å². The Labute approximate surface area is 184 Å². The second-order valence-electron chi connectivity index (χ2n) is 7.62. The van der Waals surface area contributed by atoms with Gasteiger partial charge in [-0.1, -0.05) is 60.7 Å². The average molecular weight is 415 g/mol. The molecule has 0 fully saturated rings. The van der Waals surface area contributed by atoms with Gasteiger partial charge in [0.25, 0.3) is 0 Å². The molecule has 1 atom stereocenters. The van der Waals surface area contributed by atoms with Gasteiger partial charge in [-0.2, -0.15) is 9.48 Å². The SMILES string of the molecule is COc1ccc([N+]2(Cc3ccccc3)C=CN=C2N(C)Cc2ccccc2)cc1OC. The summed E-state index contributed by atoms with van der Waals surface area (Å²) in [6.07, 6.45) is 4.04. The maximum absolute atomic E-state index is 5.61. The van der Waals surface area contributed by atoms with Crippen LogP contribution in [0.3, 0.4) is 0 Å². The van der Waals surface area contributed by atoms with E-state index >= 15 is 0 Å². The molecule has 4 rings (SSSR count). The maximum atomic E-state index is 5.61. The first-order valence-corrected chi connectivity index (χ1v) is 10.3. The first-order chi connectivity index (χ1) is 15.2. The minimum atomic E-state index is 0.466. The Kier molecular flexibility index (Phi) is 6.05. The van der Waals surface area contributed by atoms with Crippen LogP contribution in [-0.2, 0) is 13.1 Å². The summed E-state index contributed by atoms with van der Waals surface area (Å²) in [4.78, 5) is 7.04. The molecule has 1 heterocycles. The van der Waals surface area contributed by atoms with Gasteiger partial charge in [0, 0.05) is 31.3 Å². The van der Waals surface area contributed by atoms with Crippen molar-refractivity contribution in [2.75, 3.05) is 21.3 Å². The van der Waals surface area contributed by atoms with E-state index in [1.807, 2.05) is 30.5 Å². The zero-order chi connectivity index (χ0) is 21.7. The monoisotopic (exact) mass is 414 g/mol. The van der Waals surface area contributed by atoms with Crippen LogP contribution in [0.1, 0.15) is 11.1 Å². The quantitative estimate of drug-likeness (QED) is 0.499. The van der Waals surface area contributed by atoms with Crippen LogP contribution in [0.5, 0.6) is 11.5 Å².